The van der Waals surface area contributed by atoms with Gasteiger partial charge in [-0.15, -0.1) is 0 Å². The van der Waals surface area contributed by atoms with E-state index in [1.807, 2.05) is 4.72 Å². The summed E-state index contributed by atoms with van der Waals surface area (Å²) in [5, 5.41) is 9.29. The molecule has 0 heterocycles. The van der Waals surface area contributed by atoms with Crippen molar-refractivity contribution in [3.63, 3.8) is 0 Å². The van der Waals surface area contributed by atoms with Crippen molar-refractivity contribution >= 4 is 37.6 Å². The van der Waals surface area contributed by atoms with Crippen LogP contribution in [0.25, 0.3) is 0 Å². The summed E-state index contributed by atoms with van der Waals surface area (Å²) >= 11 is 2.84. The number of esters is 1. The van der Waals surface area contributed by atoms with Crippen LogP contribution in [0.4, 0.5) is 10.1 Å². The van der Waals surface area contributed by atoms with Crippen molar-refractivity contribution in [2.45, 2.75) is 11.0 Å². The van der Waals surface area contributed by atoms with Gasteiger partial charge in [-0.25, -0.2) is 22.3 Å². The average molecular weight is 371 g/mol. The van der Waals surface area contributed by atoms with Gasteiger partial charge < -0.3 is 15.6 Å². The van der Waals surface area contributed by atoms with Crippen LogP contribution >= 0.6 is 15.9 Å². The molecule has 0 amide bonds. The van der Waals surface area contributed by atoms with E-state index in [2.05, 4.69) is 20.7 Å². The number of hydrogen-bond acceptors (Lipinski definition) is 6. The molecule has 0 fully saturated rings. The second kappa shape index (κ2) is 6.48. The van der Waals surface area contributed by atoms with Crippen LogP contribution in [0, 0.1) is 5.82 Å². The van der Waals surface area contributed by atoms with Gasteiger partial charge in [-0.1, -0.05) is 0 Å². The third-order valence-corrected chi connectivity index (χ3v) is 4.37. The van der Waals surface area contributed by atoms with Gasteiger partial charge in [0, 0.05) is 6.54 Å². The Bertz CT molecular complexity index is 622. The van der Waals surface area contributed by atoms with Crippen LogP contribution in [0.1, 0.15) is 0 Å². The van der Waals surface area contributed by atoms with Crippen LogP contribution in [0.5, 0.6) is 0 Å². The Hall–Kier alpha value is -1.23. The van der Waals surface area contributed by atoms with Gasteiger partial charge in [0.25, 0.3) is 0 Å². The number of sulfonamides is 1. The summed E-state index contributed by atoms with van der Waals surface area (Å²) in [6, 6.07) is 1.83. The van der Waals surface area contributed by atoms with Crippen LogP contribution in [0.15, 0.2) is 21.5 Å². The van der Waals surface area contributed by atoms with Gasteiger partial charge in [0.1, 0.15) is 10.7 Å². The monoisotopic (exact) mass is 370 g/mol. The number of halogens is 2. The average Bonchev–Trinajstić information content (AvgIpc) is 2.39. The van der Waals surface area contributed by atoms with E-state index < -0.39 is 34.5 Å². The Balaban J connectivity index is 2.95. The van der Waals surface area contributed by atoms with Gasteiger partial charge in [-0.05, 0) is 28.1 Å². The molecule has 0 spiro atoms. The Morgan fingerprint density at radius 2 is 2.20 bits per heavy atom. The molecule has 10 heteroatoms. The number of ether oxygens (including phenoxy) is 1. The Morgan fingerprint density at radius 1 is 1.60 bits per heavy atom. The molecule has 0 aromatic heterocycles. The number of nitrogen functional groups attached to an aromatic ring is 1. The van der Waals surface area contributed by atoms with Gasteiger partial charge in [-0.2, -0.15) is 0 Å². The molecule has 1 atom stereocenters. The van der Waals surface area contributed by atoms with E-state index in [0.29, 0.717) is 0 Å². The number of nitrogens with one attached hydrogen (secondary N) is 1. The molecule has 20 heavy (non-hydrogen) atoms. The van der Waals surface area contributed by atoms with E-state index in [1.165, 1.54) is 0 Å². The molecule has 0 saturated heterocycles. The second-order valence-electron chi connectivity index (χ2n) is 3.69. The number of methoxy groups -OCH3 is 1. The highest BCUT2D eigenvalue weighted by molar-refractivity contribution is 9.10. The van der Waals surface area contributed by atoms with Crippen LogP contribution < -0.4 is 10.5 Å². The summed E-state index contributed by atoms with van der Waals surface area (Å²) in [5.41, 5.74) is 5.13. The van der Waals surface area contributed by atoms with Gasteiger partial charge in [0.05, 0.1) is 17.3 Å². The Kier molecular flexibility index (Phi) is 5.45. The van der Waals surface area contributed by atoms with Crippen molar-refractivity contribution < 1.29 is 27.4 Å². The first kappa shape index (κ1) is 16.8. The third kappa shape index (κ3) is 3.88. The van der Waals surface area contributed by atoms with Crippen molar-refractivity contribution in [3.05, 3.63) is 22.4 Å². The maximum Gasteiger partial charge on any atom is 0.336 e. The molecule has 0 aliphatic carbocycles. The molecule has 0 aliphatic rings. The van der Waals surface area contributed by atoms with E-state index in [-0.39, 0.29) is 15.1 Å². The van der Waals surface area contributed by atoms with Gasteiger partial charge >= 0.3 is 5.97 Å². The lowest BCUT2D eigenvalue weighted by molar-refractivity contribution is -0.149. The quantitative estimate of drug-likeness (QED) is 0.495. The normalized spacial score (nSPS) is 13.0. The molecular formula is C10H12BrFN2O5S. The highest BCUT2D eigenvalue weighted by Crippen LogP contribution is 2.25. The summed E-state index contributed by atoms with van der Waals surface area (Å²) in [6.45, 7) is -0.594. The van der Waals surface area contributed by atoms with Crippen molar-refractivity contribution in [3.8, 4) is 0 Å². The molecule has 7 nitrogen and oxygen atoms in total. The Labute approximate surface area is 123 Å². The first-order valence-electron chi connectivity index (χ1n) is 5.19. The number of rotatable bonds is 5. The standard InChI is InChI=1S/C10H12BrFN2O5S/c1-19-10(16)8(15)4-14-20(17,18)9-2-5(11)6(12)3-7(9)13/h2-3,8,14-15H,4,13H2,1H3. The smallest absolute Gasteiger partial charge is 0.336 e. The zero-order valence-electron chi connectivity index (χ0n) is 10.3. The highest BCUT2D eigenvalue weighted by Gasteiger charge is 2.23. The maximum absolute atomic E-state index is 13.2. The van der Waals surface area contributed by atoms with E-state index >= 15 is 0 Å². The number of aliphatic hydroxyl groups excluding tert-OH is 1. The number of carbonyl (C=O) groups excluding carboxylic acids is 1. The number of hydrogen-bond donors (Lipinski definition) is 3. The molecule has 1 rings (SSSR count). The minimum absolute atomic E-state index is 0.0828. The summed E-state index contributed by atoms with van der Waals surface area (Å²) < 4.78 is 43.2. The SMILES string of the molecule is COC(=O)C(O)CNS(=O)(=O)c1cc(Br)c(F)cc1N. The molecule has 0 saturated carbocycles. The van der Waals surface area contributed by atoms with Crippen molar-refractivity contribution in [1.29, 1.82) is 0 Å². The number of aliphatic hydroxyl groups is 1. The zero-order valence-corrected chi connectivity index (χ0v) is 12.7. The van der Waals surface area contributed by atoms with Crippen LogP contribution in [0.3, 0.4) is 0 Å². The molecule has 0 bridgehead atoms. The number of carbonyl (C=O) groups is 1. The predicted octanol–water partition coefficient (Wildman–Crippen LogP) is -0.0174. The minimum Gasteiger partial charge on any atom is -0.467 e. The summed E-state index contributed by atoms with van der Waals surface area (Å²) in [7, 11) is -3.06. The molecule has 112 valence electrons. The van der Waals surface area contributed by atoms with Crippen molar-refractivity contribution in [1.82, 2.24) is 4.72 Å². The summed E-state index contributed by atoms with van der Waals surface area (Å²) in [4.78, 5) is 10.6. The number of anilines is 1. The number of nitrogens with two attached hydrogens (primary N) is 1. The minimum atomic E-state index is -4.11. The van der Waals surface area contributed by atoms with Crippen molar-refractivity contribution in [2.75, 3.05) is 19.4 Å². The van der Waals surface area contributed by atoms with E-state index in [9.17, 15) is 22.7 Å². The molecule has 0 radical (unpaired) electrons. The Morgan fingerprint density at radius 3 is 2.75 bits per heavy atom. The topological polar surface area (TPSA) is 119 Å². The number of benzene rings is 1. The largest absolute Gasteiger partial charge is 0.467 e. The van der Waals surface area contributed by atoms with E-state index in [1.54, 1.807) is 0 Å². The second-order valence-corrected chi connectivity index (χ2v) is 6.28. The lowest BCUT2D eigenvalue weighted by Gasteiger charge is -2.12. The molecule has 0 aliphatic heterocycles. The van der Waals surface area contributed by atoms with Crippen LogP contribution in [-0.2, 0) is 19.6 Å². The lowest BCUT2D eigenvalue weighted by Crippen LogP contribution is -2.37. The molecule has 1 aromatic carbocycles. The molecule has 1 unspecified atom stereocenters. The zero-order chi connectivity index (χ0) is 15.5. The summed E-state index contributed by atoms with van der Waals surface area (Å²) in [6.07, 6.45) is -1.65. The van der Waals surface area contributed by atoms with Gasteiger partial charge in [0.15, 0.2) is 6.10 Å². The fourth-order valence-electron chi connectivity index (χ4n) is 1.26. The fourth-order valence-corrected chi connectivity index (χ4v) is 2.93. The first-order valence-corrected chi connectivity index (χ1v) is 7.46. The van der Waals surface area contributed by atoms with Crippen LogP contribution in [0.2, 0.25) is 0 Å². The predicted molar refractivity (Wildman–Crippen MR) is 71.7 cm³/mol. The van der Waals surface area contributed by atoms with Gasteiger partial charge in [-0.3, -0.25) is 0 Å². The summed E-state index contributed by atoms with van der Waals surface area (Å²) in [5.74, 6) is -1.70. The van der Waals surface area contributed by atoms with E-state index in [4.69, 9.17) is 5.73 Å². The maximum atomic E-state index is 13.2. The van der Waals surface area contributed by atoms with Gasteiger partial charge in [0.2, 0.25) is 10.0 Å². The lowest BCUT2D eigenvalue weighted by atomic mass is 10.3. The highest BCUT2D eigenvalue weighted by atomic mass is 79.9. The van der Waals surface area contributed by atoms with E-state index in [0.717, 1.165) is 19.2 Å². The molecular weight excluding hydrogens is 359 g/mol. The first-order chi connectivity index (χ1) is 9.19. The molecule has 1 aromatic rings. The van der Waals surface area contributed by atoms with Crippen LogP contribution in [-0.4, -0.2) is 39.3 Å². The molecule has 4 N–H and O–H groups in total. The fraction of sp³-hybridized carbons (Fsp3) is 0.300. The van der Waals surface area contributed by atoms with Crippen molar-refractivity contribution in [2.24, 2.45) is 0 Å². The third-order valence-electron chi connectivity index (χ3n) is 2.28.